The van der Waals surface area contributed by atoms with Crippen LogP contribution in [0.25, 0.3) is 5.65 Å². The lowest BCUT2D eigenvalue weighted by Gasteiger charge is -2.29. The summed E-state index contributed by atoms with van der Waals surface area (Å²) in [5.41, 5.74) is 7.51. The summed E-state index contributed by atoms with van der Waals surface area (Å²) in [5.74, 6) is -0.510. The zero-order valence-electron chi connectivity index (χ0n) is 17.4. The fourth-order valence-electron chi connectivity index (χ4n) is 3.97. The van der Waals surface area contributed by atoms with Gasteiger partial charge in [0.15, 0.2) is 17.2 Å². The maximum atomic E-state index is 14.0. The van der Waals surface area contributed by atoms with Gasteiger partial charge in [-0.3, -0.25) is 9.78 Å². The molecule has 3 aromatic heterocycles. The van der Waals surface area contributed by atoms with Gasteiger partial charge in [-0.1, -0.05) is 0 Å². The molecule has 11 heteroatoms. The highest BCUT2D eigenvalue weighted by molar-refractivity contribution is 6.03. The molecule has 1 saturated heterocycles. The van der Waals surface area contributed by atoms with Crippen molar-refractivity contribution < 1.29 is 13.9 Å². The molecule has 2 fully saturated rings. The van der Waals surface area contributed by atoms with Crippen molar-refractivity contribution in [1.82, 2.24) is 19.6 Å². The van der Waals surface area contributed by atoms with Gasteiger partial charge in [0.2, 0.25) is 0 Å². The Kier molecular flexibility index (Phi) is 5.58. The fraction of sp³-hybridized carbons (Fsp3) is 0.429. The molecule has 0 atom stereocenters. The number of anilines is 3. The van der Waals surface area contributed by atoms with Crippen LogP contribution in [0.5, 0.6) is 0 Å². The highest BCUT2D eigenvalue weighted by atomic mass is 19.1. The molecule has 1 amide bonds. The lowest BCUT2D eigenvalue weighted by atomic mass is 9.92. The van der Waals surface area contributed by atoms with Gasteiger partial charge in [-0.05, 0) is 31.7 Å². The molecule has 5 N–H and O–H groups in total. The first-order valence-electron chi connectivity index (χ1n) is 10.7. The largest absolute Gasteiger partial charge is 0.377 e. The molecule has 1 aliphatic carbocycles. The Morgan fingerprint density at radius 2 is 1.94 bits per heavy atom. The number of hydrogen-bond donors (Lipinski definition) is 4. The number of carbonyl (C=O) groups excluding carboxylic acids is 1. The van der Waals surface area contributed by atoms with Crippen LogP contribution in [0.3, 0.4) is 0 Å². The predicted molar refractivity (Wildman–Crippen MR) is 117 cm³/mol. The maximum Gasteiger partial charge on any atom is 0.276 e. The highest BCUT2D eigenvalue weighted by Crippen LogP contribution is 2.26. The van der Waals surface area contributed by atoms with E-state index in [0.717, 1.165) is 37.6 Å². The Morgan fingerprint density at radius 3 is 2.66 bits per heavy atom. The molecule has 10 nitrogen and oxygen atoms in total. The minimum Gasteiger partial charge on any atom is -0.377 e. The van der Waals surface area contributed by atoms with E-state index in [9.17, 15) is 9.18 Å². The molecular formula is C21H25FN8O2. The Balaban J connectivity index is 1.46. The molecule has 0 aromatic carbocycles. The lowest BCUT2D eigenvalue weighted by molar-refractivity contribution is 0.0211. The van der Waals surface area contributed by atoms with E-state index < -0.39 is 11.7 Å². The van der Waals surface area contributed by atoms with Crippen LogP contribution in [0.1, 0.15) is 36.2 Å². The molecule has 0 spiro atoms. The first kappa shape index (κ1) is 20.6. The van der Waals surface area contributed by atoms with E-state index in [0.29, 0.717) is 24.7 Å². The summed E-state index contributed by atoms with van der Waals surface area (Å²) < 4.78 is 20.7. The fourth-order valence-corrected chi connectivity index (χ4v) is 3.97. The predicted octanol–water partition coefficient (Wildman–Crippen LogP) is 2.01. The number of aromatic nitrogens is 4. The van der Waals surface area contributed by atoms with Crippen LogP contribution in [0.2, 0.25) is 0 Å². The first-order valence-corrected chi connectivity index (χ1v) is 10.7. The van der Waals surface area contributed by atoms with Crippen LogP contribution in [0, 0.1) is 5.82 Å². The third-order valence-corrected chi connectivity index (χ3v) is 5.84. The molecule has 2 aliphatic rings. The lowest BCUT2D eigenvalue weighted by Crippen LogP contribution is -2.40. The third kappa shape index (κ3) is 4.21. The van der Waals surface area contributed by atoms with Crippen LogP contribution in [-0.2, 0) is 4.74 Å². The van der Waals surface area contributed by atoms with Crippen molar-refractivity contribution in [2.24, 2.45) is 5.73 Å². The summed E-state index contributed by atoms with van der Waals surface area (Å²) in [5, 5.41) is 14.1. The summed E-state index contributed by atoms with van der Waals surface area (Å²) in [6.45, 7) is 1.21. The second-order valence-electron chi connectivity index (χ2n) is 8.27. The number of carbonyl (C=O) groups is 1. The minimum atomic E-state index is -0.618. The van der Waals surface area contributed by atoms with E-state index in [1.165, 1.54) is 23.0 Å². The van der Waals surface area contributed by atoms with E-state index in [2.05, 4.69) is 31.0 Å². The minimum absolute atomic E-state index is 0.0396. The van der Waals surface area contributed by atoms with Gasteiger partial charge in [-0.15, -0.1) is 5.10 Å². The Hall–Kier alpha value is -3.31. The topological polar surface area (TPSA) is 131 Å². The van der Waals surface area contributed by atoms with Gasteiger partial charge in [0.05, 0.1) is 43.0 Å². The van der Waals surface area contributed by atoms with Crippen molar-refractivity contribution in [3.05, 3.63) is 42.2 Å². The second kappa shape index (κ2) is 8.67. The summed E-state index contributed by atoms with van der Waals surface area (Å²) in [6.07, 6.45) is 7.72. The van der Waals surface area contributed by atoms with Gasteiger partial charge < -0.3 is 26.4 Å². The number of pyridine rings is 1. The summed E-state index contributed by atoms with van der Waals surface area (Å²) in [7, 11) is 0. The molecule has 3 aromatic rings. The Labute approximate surface area is 183 Å². The van der Waals surface area contributed by atoms with E-state index in [1.54, 1.807) is 0 Å². The number of hydrogen-bond acceptors (Lipinski definition) is 8. The third-order valence-electron chi connectivity index (χ3n) is 5.84. The van der Waals surface area contributed by atoms with Crippen molar-refractivity contribution in [2.45, 2.75) is 43.8 Å². The molecule has 0 radical (unpaired) electrons. The summed E-state index contributed by atoms with van der Waals surface area (Å²) in [6, 6.07) is 3.97. The van der Waals surface area contributed by atoms with E-state index in [-0.39, 0.29) is 29.5 Å². The SMILES string of the molecule is N[C@H]1CC[C@H](Nc2cc(NC3COC3)c3ncc(C(=O)Nc4ccncc4F)n3n2)CC1. The van der Waals surface area contributed by atoms with Crippen LogP contribution >= 0.6 is 0 Å². The van der Waals surface area contributed by atoms with E-state index in [1.807, 2.05) is 6.07 Å². The van der Waals surface area contributed by atoms with Gasteiger partial charge in [0, 0.05) is 24.3 Å². The van der Waals surface area contributed by atoms with Crippen LogP contribution in [0.4, 0.5) is 21.6 Å². The van der Waals surface area contributed by atoms with Crippen molar-refractivity contribution in [3.8, 4) is 0 Å². The zero-order chi connectivity index (χ0) is 22.1. The second-order valence-corrected chi connectivity index (χ2v) is 8.27. The Bertz CT molecular complexity index is 1120. The van der Waals surface area contributed by atoms with Crippen molar-refractivity contribution >= 4 is 28.7 Å². The molecule has 1 aliphatic heterocycles. The zero-order valence-corrected chi connectivity index (χ0v) is 17.4. The first-order chi connectivity index (χ1) is 15.6. The van der Waals surface area contributed by atoms with Gasteiger partial charge in [-0.2, -0.15) is 0 Å². The summed E-state index contributed by atoms with van der Waals surface area (Å²) >= 11 is 0. The van der Waals surface area contributed by atoms with Crippen molar-refractivity contribution in [3.63, 3.8) is 0 Å². The van der Waals surface area contributed by atoms with Gasteiger partial charge >= 0.3 is 0 Å². The molecule has 0 bridgehead atoms. The van der Waals surface area contributed by atoms with Crippen LogP contribution in [0.15, 0.2) is 30.7 Å². The molecule has 1 saturated carbocycles. The number of nitrogens with zero attached hydrogens (tertiary/aromatic N) is 4. The van der Waals surface area contributed by atoms with Gasteiger partial charge in [-0.25, -0.2) is 13.9 Å². The maximum absolute atomic E-state index is 14.0. The number of fused-ring (bicyclic) bond motifs is 1. The number of imidazole rings is 1. The van der Waals surface area contributed by atoms with E-state index >= 15 is 0 Å². The van der Waals surface area contributed by atoms with Crippen molar-refractivity contribution in [1.29, 1.82) is 0 Å². The number of rotatable bonds is 6. The van der Waals surface area contributed by atoms with Gasteiger partial charge in [0.25, 0.3) is 5.91 Å². The number of nitrogens with one attached hydrogen (secondary N) is 3. The number of nitrogens with two attached hydrogens (primary N) is 1. The Morgan fingerprint density at radius 1 is 1.12 bits per heavy atom. The standard InChI is InChI=1S/C21H25FN8O2/c22-15-8-24-6-5-16(15)28-21(31)18-9-25-20-17(26-14-10-32-11-14)7-19(29-30(18)20)27-13-3-1-12(23)2-4-13/h5-9,12-14,26H,1-4,10-11,23H2,(H,27,29)(H,24,28,31)/t12-,13-. The van der Waals surface area contributed by atoms with Crippen LogP contribution in [-0.4, -0.2) is 56.8 Å². The number of halogens is 1. The molecular weight excluding hydrogens is 415 g/mol. The smallest absolute Gasteiger partial charge is 0.276 e. The van der Waals surface area contributed by atoms with E-state index in [4.69, 9.17) is 10.5 Å². The number of amides is 1. The molecule has 168 valence electrons. The summed E-state index contributed by atoms with van der Waals surface area (Å²) in [4.78, 5) is 21.0. The average Bonchev–Trinajstić information content (AvgIpc) is 3.18. The average molecular weight is 440 g/mol. The quantitative estimate of drug-likeness (QED) is 0.458. The molecule has 0 unspecified atom stereocenters. The van der Waals surface area contributed by atoms with Gasteiger partial charge in [0.1, 0.15) is 5.82 Å². The normalized spacial score (nSPS) is 21.2. The highest BCUT2D eigenvalue weighted by Gasteiger charge is 2.24. The van der Waals surface area contributed by atoms with Crippen molar-refractivity contribution in [2.75, 3.05) is 29.2 Å². The molecule has 32 heavy (non-hydrogen) atoms. The van der Waals surface area contributed by atoms with Crippen LogP contribution < -0.4 is 21.7 Å². The number of ether oxygens (including phenoxy) is 1. The monoisotopic (exact) mass is 440 g/mol. The molecule has 4 heterocycles. The molecule has 5 rings (SSSR count).